The van der Waals surface area contributed by atoms with E-state index in [0.29, 0.717) is 10.8 Å². The van der Waals surface area contributed by atoms with E-state index < -0.39 is 0 Å². The fourth-order valence-electron chi connectivity index (χ4n) is 3.57. The molecule has 0 unspecified atom stereocenters. The summed E-state index contributed by atoms with van der Waals surface area (Å²) >= 11 is 1.37. The highest BCUT2D eigenvalue weighted by molar-refractivity contribution is 7.13. The lowest BCUT2D eigenvalue weighted by Crippen LogP contribution is -2.20. The molecule has 0 atom stereocenters. The predicted octanol–water partition coefficient (Wildman–Crippen LogP) is 4.38. The van der Waals surface area contributed by atoms with Crippen molar-refractivity contribution in [1.29, 1.82) is 0 Å². The molecule has 1 aliphatic rings. The smallest absolute Gasteiger partial charge is 0.230 e. The highest BCUT2D eigenvalue weighted by Gasteiger charge is 2.23. The molecule has 1 fully saturated rings. The van der Waals surface area contributed by atoms with Gasteiger partial charge in [0.15, 0.2) is 5.13 Å². The minimum Gasteiger partial charge on any atom is -0.325 e. The average molecular weight is 372 g/mol. The Balaban J connectivity index is 1.58. The molecule has 1 aromatic carbocycles. The van der Waals surface area contributed by atoms with Crippen molar-refractivity contribution >= 4 is 34.0 Å². The topological polar surface area (TPSA) is 71.1 Å². The van der Waals surface area contributed by atoms with Gasteiger partial charge in [-0.2, -0.15) is 0 Å². The molecule has 6 heteroatoms. The SMILES string of the molecule is Cc1cc(C)c(NC(=O)Cc2csc(NC(=O)C3CCCC3)n2)c(C)c1. The zero-order valence-corrected chi connectivity index (χ0v) is 16.3. The van der Waals surface area contributed by atoms with E-state index in [-0.39, 0.29) is 24.2 Å². The minimum absolute atomic E-state index is 0.0544. The Morgan fingerprint density at radius 2 is 1.77 bits per heavy atom. The maximum Gasteiger partial charge on any atom is 0.230 e. The molecule has 0 bridgehead atoms. The van der Waals surface area contributed by atoms with Crippen LogP contribution in [0.5, 0.6) is 0 Å². The Morgan fingerprint density at radius 3 is 2.42 bits per heavy atom. The van der Waals surface area contributed by atoms with Gasteiger partial charge in [-0.15, -0.1) is 11.3 Å². The Kier molecular flexibility index (Phi) is 5.71. The van der Waals surface area contributed by atoms with E-state index in [2.05, 4.69) is 27.8 Å². The first-order valence-electron chi connectivity index (χ1n) is 9.05. The summed E-state index contributed by atoms with van der Waals surface area (Å²) in [6.45, 7) is 6.03. The summed E-state index contributed by atoms with van der Waals surface area (Å²) in [5, 5.41) is 8.28. The molecule has 3 rings (SSSR count). The van der Waals surface area contributed by atoms with Crippen LogP contribution in [-0.2, 0) is 16.0 Å². The summed E-state index contributed by atoms with van der Waals surface area (Å²) in [6.07, 6.45) is 4.37. The number of amides is 2. The van der Waals surface area contributed by atoms with Gasteiger partial charge in [-0.05, 0) is 44.7 Å². The highest BCUT2D eigenvalue weighted by Crippen LogP contribution is 2.27. The van der Waals surface area contributed by atoms with Crippen molar-refractivity contribution in [3.63, 3.8) is 0 Å². The molecular formula is C20H25N3O2S. The molecule has 1 heterocycles. The molecule has 1 saturated carbocycles. The fourth-order valence-corrected chi connectivity index (χ4v) is 4.28. The number of nitrogens with zero attached hydrogens (tertiary/aromatic N) is 1. The number of nitrogens with one attached hydrogen (secondary N) is 2. The second kappa shape index (κ2) is 7.99. The summed E-state index contributed by atoms with van der Waals surface area (Å²) in [6, 6.07) is 4.12. The van der Waals surface area contributed by atoms with Crippen LogP contribution in [-0.4, -0.2) is 16.8 Å². The van der Waals surface area contributed by atoms with Gasteiger partial charge in [-0.3, -0.25) is 9.59 Å². The second-order valence-electron chi connectivity index (χ2n) is 7.11. The van der Waals surface area contributed by atoms with Crippen LogP contribution in [0.1, 0.15) is 48.1 Å². The maximum absolute atomic E-state index is 12.4. The van der Waals surface area contributed by atoms with E-state index in [0.717, 1.165) is 42.5 Å². The zero-order valence-electron chi connectivity index (χ0n) is 15.5. The largest absolute Gasteiger partial charge is 0.325 e. The number of anilines is 2. The van der Waals surface area contributed by atoms with Gasteiger partial charge < -0.3 is 10.6 Å². The minimum atomic E-state index is -0.0981. The first-order valence-corrected chi connectivity index (χ1v) is 9.93. The number of aromatic nitrogens is 1. The van der Waals surface area contributed by atoms with Gasteiger partial charge in [0.25, 0.3) is 0 Å². The third-order valence-electron chi connectivity index (χ3n) is 4.79. The van der Waals surface area contributed by atoms with Crippen LogP contribution < -0.4 is 10.6 Å². The first-order chi connectivity index (χ1) is 12.4. The number of hydrogen-bond acceptors (Lipinski definition) is 4. The Labute approximate surface area is 158 Å². The van der Waals surface area contributed by atoms with E-state index in [1.54, 1.807) is 0 Å². The monoisotopic (exact) mass is 371 g/mol. The summed E-state index contributed by atoms with van der Waals surface area (Å²) in [4.78, 5) is 28.9. The number of benzene rings is 1. The van der Waals surface area contributed by atoms with Crippen LogP contribution in [0.3, 0.4) is 0 Å². The van der Waals surface area contributed by atoms with E-state index in [1.807, 2.05) is 26.2 Å². The predicted molar refractivity (Wildman–Crippen MR) is 106 cm³/mol. The molecule has 0 saturated heterocycles. The normalized spacial score (nSPS) is 14.4. The van der Waals surface area contributed by atoms with Crippen LogP contribution in [0.2, 0.25) is 0 Å². The fraction of sp³-hybridized carbons (Fsp3) is 0.450. The van der Waals surface area contributed by atoms with Gasteiger partial charge in [-0.25, -0.2) is 4.98 Å². The molecule has 2 N–H and O–H groups in total. The quantitative estimate of drug-likeness (QED) is 0.819. The van der Waals surface area contributed by atoms with Crippen molar-refractivity contribution in [3.8, 4) is 0 Å². The lowest BCUT2D eigenvalue weighted by molar-refractivity contribution is -0.119. The molecule has 1 aliphatic carbocycles. The second-order valence-corrected chi connectivity index (χ2v) is 7.97. The van der Waals surface area contributed by atoms with Crippen LogP contribution in [0.4, 0.5) is 10.8 Å². The van der Waals surface area contributed by atoms with E-state index in [1.165, 1.54) is 16.9 Å². The van der Waals surface area contributed by atoms with Crippen LogP contribution in [0.15, 0.2) is 17.5 Å². The third-order valence-corrected chi connectivity index (χ3v) is 5.60. The summed E-state index contributed by atoms with van der Waals surface area (Å²) < 4.78 is 0. The van der Waals surface area contributed by atoms with E-state index in [9.17, 15) is 9.59 Å². The molecule has 0 radical (unpaired) electrons. The van der Waals surface area contributed by atoms with Crippen molar-refractivity contribution < 1.29 is 9.59 Å². The Morgan fingerprint density at radius 1 is 1.12 bits per heavy atom. The number of rotatable bonds is 5. The molecule has 2 aromatic rings. The average Bonchev–Trinajstić information content (AvgIpc) is 3.23. The number of carbonyl (C=O) groups excluding carboxylic acids is 2. The highest BCUT2D eigenvalue weighted by atomic mass is 32.1. The lowest BCUT2D eigenvalue weighted by Gasteiger charge is -2.12. The van der Waals surface area contributed by atoms with Crippen LogP contribution in [0.25, 0.3) is 0 Å². The number of carbonyl (C=O) groups is 2. The molecule has 2 amide bonds. The first kappa shape index (κ1) is 18.6. The number of aryl methyl sites for hydroxylation is 3. The standard InChI is InChI=1S/C20H25N3O2S/c1-12-8-13(2)18(14(3)9-12)22-17(24)10-16-11-26-20(21-16)23-19(25)15-6-4-5-7-15/h8-9,11,15H,4-7,10H2,1-3H3,(H,22,24)(H,21,23,25). The van der Waals surface area contributed by atoms with Crippen molar-refractivity contribution in [2.24, 2.45) is 5.92 Å². The molecule has 138 valence electrons. The maximum atomic E-state index is 12.4. The van der Waals surface area contributed by atoms with Gasteiger partial charge in [0.2, 0.25) is 11.8 Å². The summed E-state index contributed by atoms with van der Waals surface area (Å²) in [5.74, 6) is 0.0657. The zero-order chi connectivity index (χ0) is 18.7. The number of thiazole rings is 1. The Bertz CT molecular complexity index is 799. The molecule has 1 aromatic heterocycles. The van der Waals surface area contributed by atoms with Crippen LogP contribution in [0, 0.1) is 26.7 Å². The van der Waals surface area contributed by atoms with Crippen molar-refractivity contribution in [2.45, 2.75) is 52.9 Å². The van der Waals surface area contributed by atoms with Crippen LogP contribution >= 0.6 is 11.3 Å². The van der Waals surface area contributed by atoms with Gasteiger partial charge in [-0.1, -0.05) is 30.5 Å². The third kappa shape index (κ3) is 4.49. The Hall–Kier alpha value is -2.21. The molecular weight excluding hydrogens is 346 g/mol. The van der Waals surface area contributed by atoms with Crippen molar-refractivity contribution in [3.05, 3.63) is 39.9 Å². The van der Waals surface area contributed by atoms with E-state index >= 15 is 0 Å². The lowest BCUT2D eigenvalue weighted by atomic mass is 10.0. The summed E-state index contributed by atoms with van der Waals surface area (Å²) in [5.41, 5.74) is 4.83. The molecule has 0 aliphatic heterocycles. The van der Waals surface area contributed by atoms with Crippen molar-refractivity contribution in [1.82, 2.24) is 4.98 Å². The summed E-state index contributed by atoms with van der Waals surface area (Å²) in [7, 11) is 0. The molecule has 5 nitrogen and oxygen atoms in total. The molecule has 0 spiro atoms. The van der Waals surface area contributed by atoms with Gasteiger partial charge >= 0.3 is 0 Å². The van der Waals surface area contributed by atoms with Gasteiger partial charge in [0, 0.05) is 17.0 Å². The van der Waals surface area contributed by atoms with E-state index in [4.69, 9.17) is 0 Å². The van der Waals surface area contributed by atoms with Gasteiger partial charge in [0.1, 0.15) is 0 Å². The van der Waals surface area contributed by atoms with Gasteiger partial charge in [0.05, 0.1) is 12.1 Å². The number of hydrogen-bond donors (Lipinski definition) is 2. The van der Waals surface area contributed by atoms with Crippen molar-refractivity contribution in [2.75, 3.05) is 10.6 Å². The molecule has 26 heavy (non-hydrogen) atoms.